The number of ether oxygens (including phenoxy) is 1. The Morgan fingerprint density at radius 3 is 2.87 bits per heavy atom. The van der Waals surface area contributed by atoms with Gasteiger partial charge >= 0.3 is 5.97 Å². The normalized spacial score (nSPS) is 11.1. The first-order valence-electron chi connectivity index (χ1n) is 9.56. The molecule has 0 saturated carbocycles. The molecule has 7 nitrogen and oxygen atoms in total. The molecular formula is C21H19ClN4O3S2. The summed E-state index contributed by atoms with van der Waals surface area (Å²) in [4.78, 5) is 30.1. The third-order valence-corrected chi connectivity index (χ3v) is 6.83. The second kappa shape index (κ2) is 9.17. The van der Waals surface area contributed by atoms with E-state index in [1.54, 1.807) is 12.3 Å². The number of aryl methyl sites for hydroxylation is 1. The van der Waals surface area contributed by atoms with Gasteiger partial charge in [-0.05, 0) is 31.5 Å². The van der Waals surface area contributed by atoms with Crippen molar-refractivity contribution in [1.82, 2.24) is 14.8 Å². The summed E-state index contributed by atoms with van der Waals surface area (Å²) in [6.45, 7) is 4.52. The highest BCUT2D eigenvalue weighted by Crippen LogP contribution is 2.30. The number of esters is 1. The van der Waals surface area contributed by atoms with Crippen LogP contribution >= 0.6 is 34.3 Å². The van der Waals surface area contributed by atoms with Crippen molar-refractivity contribution in [2.24, 2.45) is 0 Å². The maximum atomic E-state index is 12.8. The van der Waals surface area contributed by atoms with E-state index in [4.69, 9.17) is 16.3 Å². The Morgan fingerprint density at radius 2 is 2.10 bits per heavy atom. The number of amides is 1. The number of hydrogen-bond donors (Lipinski definition) is 1. The molecule has 0 aliphatic carbocycles. The first kappa shape index (κ1) is 21.5. The number of hydrogen-bond acceptors (Lipinski definition) is 7. The molecule has 160 valence electrons. The van der Waals surface area contributed by atoms with Crippen LogP contribution in [0.2, 0.25) is 5.02 Å². The molecule has 0 unspecified atom stereocenters. The van der Waals surface area contributed by atoms with Gasteiger partial charge < -0.3 is 4.74 Å². The molecule has 0 aliphatic heterocycles. The molecule has 0 spiro atoms. The summed E-state index contributed by atoms with van der Waals surface area (Å²) in [5.41, 5.74) is 2.38. The van der Waals surface area contributed by atoms with Crippen molar-refractivity contribution >= 4 is 61.5 Å². The number of thiazole rings is 1. The molecule has 0 aliphatic rings. The van der Waals surface area contributed by atoms with Crippen molar-refractivity contribution < 1.29 is 14.3 Å². The predicted molar refractivity (Wildman–Crippen MR) is 123 cm³/mol. The number of anilines is 1. The Bertz CT molecular complexity index is 1260. The Balaban J connectivity index is 1.51. The summed E-state index contributed by atoms with van der Waals surface area (Å²) in [7, 11) is 0. The molecule has 31 heavy (non-hydrogen) atoms. The topological polar surface area (TPSA) is 86.1 Å². The van der Waals surface area contributed by atoms with Crippen molar-refractivity contribution in [3.8, 4) is 0 Å². The third-order valence-electron chi connectivity index (χ3n) is 4.51. The highest BCUT2D eigenvalue weighted by Gasteiger charge is 2.18. The van der Waals surface area contributed by atoms with E-state index in [1.807, 2.05) is 41.9 Å². The summed E-state index contributed by atoms with van der Waals surface area (Å²) in [6, 6.07) is 9.48. The van der Waals surface area contributed by atoms with E-state index >= 15 is 0 Å². The SMILES string of the molecule is CCOC(=O)Cc1csc(NC(=O)c2cc3c(C)nn(Cc4ccccc4Cl)c3s2)n1. The van der Waals surface area contributed by atoms with E-state index in [0.29, 0.717) is 33.9 Å². The summed E-state index contributed by atoms with van der Waals surface area (Å²) in [5, 5.41) is 11.2. The zero-order chi connectivity index (χ0) is 22.0. The van der Waals surface area contributed by atoms with Crippen LogP contribution in [0.1, 0.15) is 33.5 Å². The zero-order valence-corrected chi connectivity index (χ0v) is 19.2. The van der Waals surface area contributed by atoms with Gasteiger partial charge in [0.1, 0.15) is 4.83 Å². The average Bonchev–Trinajstić information content (AvgIpc) is 3.42. The minimum absolute atomic E-state index is 0.0835. The van der Waals surface area contributed by atoms with Crippen molar-refractivity contribution in [3.63, 3.8) is 0 Å². The van der Waals surface area contributed by atoms with Gasteiger partial charge in [-0.15, -0.1) is 22.7 Å². The number of thiophene rings is 1. The summed E-state index contributed by atoms with van der Waals surface area (Å²) in [5.74, 6) is -0.587. The molecule has 0 fully saturated rings. The van der Waals surface area contributed by atoms with Crippen LogP contribution in [0.5, 0.6) is 0 Å². The number of benzene rings is 1. The van der Waals surface area contributed by atoms with Gasteiger partial charge in [-0.2, -0.15) is 5.10 Å². The maximum Gasteiger partial charge on any atom is 0.311 e. The number of nitrogens with zero attached hydrogens (tertiary/aromatic N) is 3. The van der Waals surface area contributed by atoms with E-state index in [2.05, 4.69) is 15.4 Å². The largest absolute Gasteiger partial charge is 0.466 e. The Labute approximate surface area is 191 Å². The molecule has 1 N–H and O–H groups in total. The predicted octanol–water partition coefficient (Wildman–Crippen LogP) is 4.92. The highest BCUT2D eigenvalue weighted by atomic mass is 35.5. The second-order valence-corrected chi connectivity index (χ2v) is 9.04. The first-order valence-corrected chi connectivity index (χ1v) is 11.6. The van der Waals surface area contributed by atoms with Crippen molar-refractivity contribution in [1.29, 1.82) is 0 Å². The van der Waals surface area contributed by atoms with E-state index in [9.17, 15) is 9.59 Å². The lowest BCUT2D eigenvalue weighted by Crippen LogP contribution is -2.11. The van der Waals surface area contributed by atoms with Crippen LogP contribution in [0.3, 0.4) is 0 Å². The van der Waals surface area contributed by atoms with Crippen molar-refractivity contribution in [2.75, 3.05) is 11.9 Å². The number of aromatic nitrogens is 3. The van der Waals surface area contributed by atoms with Gasteiger partial charge in [0, 0.05) is 15.8 Å². The first-order chi connectivity index (χ1) is 14.9. The zero-order valence-electron chi connectivity index (χ0n) is 16.8. The molecule has 0 atom stereocenters. The number of carbonyl (C=O) groups is 2. The lowest BCUT2D eigenvalue weighted by molar-refractivity contribution is -0.142. The van der Waals surface area contributed by atoms with E-state index in [-0.39, 0.29) is 18.3 Å². The molecule has 4 rings (SSSR count). The van der Waals surface area contributed by atoms with E-state index in [0.717, 1.165) is 21.5 Å². The van der Waals surface area contributed by atoms with Gasteiger partial charge in [-0.3, -0.25) is 19.6 Å². The fourth-order valence-electron chi connectivity index (χ4n) is 3.08. The van der Waals surface area contributed by atoms with Crippen LogP contribution in [-0.4, -0.2) is 33.2 Å². The molecule has 1 amide bonds. The molecule has 1 aromatic carbocycles. The maximum absolute atomic E-state index is 12.8. The molecular weight excluding hydrogens is 456 g/mol. The van der Waals surface area contributed by atoms with Crippen LogP contribution in [0.15, 0.2) is 35.7 Å². The fraction of sp³-hybridized carbons (Fsp3) is 0.238. The summed E-state index contributed by atoms with van der Waals surface area (Å²) < 4.78 is 6.80. The number of nitrogens with one attached hydrogen (secondary N) is 1. The molecule has 3 aromatic heterocycles. The Hall–Kier alpha value is -2.75. The minimum atomic E-state index is -0.339. The molecule has 10 heteroatoms. The van der Waals surface area contributed by atoms with Gasteiger partial charge in [-0.1, -0.05) is 29.8 Å². The summed E-state index contributed by atoms with van der Waals surface area (Å²) in [6.07, 6.45) is 0.0835. The van der Waals surface area contributed by atoms with Crippen LogP contribution in [0, 0.1) is 6.92 Å². The quantitative estimate of drug-likeness (QED) is 0.384. The standard InChI is InChI=1S/C21H19ClN4O3S2/c1-3-29-18(27)8-14-11-30-21(23-14)24-19(28)17-9-15-12(2)25-26(20(15)31-17)10-13-6-4-5-7-16(13)22/h4-7,9,11H,3,8,10H2,1-2H3,(H,23,24,28). The van der Waals surface area contributed by atoms with Crippen LogP contribution in [0.25, 0.3) is 10.2 Å². The van der Waals surface area contributed by atoms with E-state index < -0.39 is 0 Å². The molecule has 0 bridgehead atoms. The van der Waals surface area contributed by atoms with Crippen LogP contribution in [-0.2, 0) is 22.5 Å². The van der Waals surface area contributed by atoms with Gasteiger partial charge in [-0.25, -0.2) is 4.98 Å². The minimum Gasteiger partial charge on any atom is -0.466 e. The lowest BCUT2D eigenvalue weighted by Gasteiger charge is -2.05. The van der Waals surface area contributed by atoms with Gasteiger partial charge in [0.25, 0.3) is 5.91 Å². The third kappa shape index (κ3) is 4.79. The molecule has 0 radical (unpaired) electrons. The number of carbonyl (C=O) groups excluding carboxylic acids is 2. The summed E-state index contributed by atoms with van der Waals surface area (Å²) >= 11 is 8.93. The van der Waals surface area contributed by atoms with Crippen LogP contribution < -0.4 is 5.32 Å². The Kier molecular flexibility index (Phi) is 6.35. The van der Waals surface area contributed by atoms with Crippen molar-refractivity contribution in [2.45, 2.75) is 26.8 Å². The van der Waals surface area contributed by atoms with Crippen LogP contribution in [0.4, 0.5) is 5.13 Å². The smallest absolute Gasteiger partial charge is 0.311 e. The van der Waals surface area contributed by atoms with Gasteiger partial charge in [0.2, 0.25) is 0 Å². The lowest BCUT2D eigenvalue weighted by atomic mass is 10.2. The second-order valence-electron chi connectivity index (χ2n) is 6.74. The molecule has 3 heterocycles. The molecule has 4 aromatic rings. The van der Waals surface area contributed by atoms with Gasteiger partial charge in [0.05, 0.1) is 35.8 Å². The number of halogens is 1. The number of rotatable bonds is 7. The monoisotopic (exact) mass is 474 g/mol. The number of fused-ring (bicyclic) bond motifs is 1. The highest BCUT2D eigenvalue weighted by molar-refractivity contribution is 7.20. The fourth-order valence-corrected chi connectivity index (χ4v) is 5.04. The van der Waals surface area contributed by atoms with Gasteiger partial charge in [0.15, 0.2) is 5.13 Å². The van der Waals surface area contributed by atoms with Crippen molar-refractivity contribution in [3.05, 3.63) is 62.6 Å². The molecule has 0 saturated heterocycles. The Morgan fingerprint density at radius 1 is 1.29 bits per heavy atom. The van der Waals surface area contributed by atoms with E-state index in [1.165, 1.54) is 22.7 Å². The average molecular weight is 475 g/mol.